The highest BCUT2D eigenvalue weighted by atomic mass is 32.2. The molecule has 8 nitrogen and oxygen atoms in total. The van der Waals surface area contributed by atoms with Gasteiger partial charge in [-0.1, -0.05) is 24.3 Å². The topological polar surface area (TPSA) is 108 Å². The second-order valence-electron chi connectivity index (χ2n) is 6.04. The highest BCUT2D eigenvalue weighted by Crippen LogP contribution is 2.48. The summed E-state index contributed by atoms with van der Waals surface area (Å²) in [5, 5.41) is 14.7. The van der Waals surface area contributed by atoms with E-state index in [1.807, 2.05) is 0 Å². The van der Waals surface area contributed by atoms with Crippen LogP contribution in [0.3, 0.4) is 0 Å². The fraction of sp³-hybridized carbons (Fsp3) is 0.158. The van der Waals surface area contributed by atoms with Crippen LogP contribution in [0, 0.1) is 10.1 Å². The number of hydrogen-bond acceptors (Lipinski definition) is 6. The van der Waals surface area contributed by atoms with Gasteiger partial charge in [0.2, 0.25) is 0 Å². The Balaban J connectivity index is 1.91. The predicted octanol–water partition coefficient (Wildman–Crippen LogP) is 3.48. The van der Waals surface area contributed by atoms with Gasteiger partial charge in [0.25, 0.3) is 15.7 Å². The Morgan fingerprint density at radius 3 is 2.34 bits per heavy atom. The highest BCUT2D eigenvalue weighted by Gasteiger charge is 2.32. The molecule has 0 aliphatic carbocycles. The van der Waals surface area contributed by atoms with Crippen LogP contribution in [-0.2, 0) is 19.5 Å². The van der Waals surface area contributed by atoms with Gasteiger partial charge in [0.05, 0.1) is 15.4 Å². The molecule has 0 amide bonds. The number of thiol groups is 1. The molecule has 0 saturated heterocycles. The molecule has 10 heteroatoms. The van der Waals surface area contributed by atoms with Crippen molar-refractivity contribution in [2.45, 2.75) is 16.1 Å². The zero-order chi connectivity index (χ0) is 21.0. The molecule has 0 saturated carbocycles. The molecular formula is C19H20N2O6S2. The van der Waals surface area contributed by atoms with E-state index in [1.165, 1.54) is 26.4 Å². The number of methoxy groups -OCH3 is 2. The minimum Gasteiger partial charge on any atom is -0.351 e. The summed E-state index contributed by atoms with van der Waals surface area (Å²) in [6.45, 7) is 0. The Labute approximate surface area is 171 Å². The van der Waals surface area contributed by atoms with Crippen molar-refractivity contribution in [2.75, 3.05) is 18.9 Å². The Kier molecular flexibility index (Phi) is 6.38. The van der Waals surface area contributed by atoms with Gasteiger partial charge in [0.1, 0.15) is 0 Å². The van der Waals surface area contributed by atoms with Crippen molar-refractivity contribution in [3.63, 3.8) is 0 Å². The van der Waals surface area contributed by atoms with Crippen LogP contribution in [0.25, 0.3) is 0 Å². The molecule has 1 heterocycles. The second-order valence-corrected chi connectivity index (χ2v) is 9.57. The number of benzene rings is 2. The van der Waals surface area contributed by atoms with E-state index in [1.54, 1.807) is 53.3 Å². The molecule has 0 fully saturated rings. The number of nitrogens with one attached hydrogen (secondary N) is 1. The van der Waals surface area contributed by atoms with Crippen LogP contribution in [0.1, 0.15) is 0 Å². The first kappa shape index (κ1) is 21.1. The van der Waals surface area contributed by atoms with Crippen LogP contribution >= 0.6 is 10.9 Å². The maximum absolute atomic E-state index is 12.5. The Morgan fingerprint density at radius 2 is 1.72 bits per heavy atom. The first-order valence-electron chi connectivity index (χ1n) is 8.46. The fourth-order valence-electron chi connectivity index (χ4n) is 2.84. The molecule has 1 atom stereocenters. The lowest BCUT2D eigenvalue weighted by Gasteiger charge is -2.14. The lowest BCUT2D eigenvalue weighted by atomic mass is 10.2. The smallest absolute Gasteiger partial charge is 0.283 e. The van der Waals surface area contributed by atoms with E-state index in [9.17, 15) is 18.5 Å². The lowest BCUT2D eigenvalue weighted by Crippen LogP contribution is -2.19. The number of anilines is 1. The maximum Gasteiger partial charge on any atom is 0.283 e. The fourth-order valence-corrected chi connectivity index (χ4v) is 5.89. The number of nitro groups is 1. The first-order valence-corrected chi connectivity index (χ1v) is 11.4. The molecular weight excluding hydrogens is 416 g/mol. The average Bonchev–Trinajstić information content (AvgIpc) is 3.15. The van der Waals surface area contributed by atoms with Crippen LogP contribution in [0.2, 0.25) is 0 Å². The summed E-state index contributed by atoms with van der Waals surface area (Å²) in [7, 11) is -2.08. The minimum absolute atomic E-state index is 0.0694. The SMILES string of the molecule is COC(OC)C1=C[SH](c2cccc(NS(=O)(=O)c3ccccc3)c2)C=C1[N+](=O)[O-]. The molecule has 1 aliphatic rings. The average molecular weight is 437 g/mol. The van der Waals surface area contributed by atoms with E-state index in [0.29, 0.717) is 11.3 Å². The Morgan fingerprint density at radius 1 is 1.03 bits per heavy atom. The van der Waals surface area contributed by atoms with Crippen molar-refractivity contribution < 1.29 is 22.8 Å². The molecule has 1 aliphatic heterocycles. The predicted molar refractivity (Wildman–Crippen MR) is 112 cm³/mol. The molecule has 0 radical (unpaired) electrons. The van der Waals surface area contributed by atoms with Crippen molar-refractivity contribution >= 4 is 26.6 Å². The van der Waals surface area contributed by atoms with E-state index >= 15 is 0 Å². The quantitative estimate of drug-likeness (QED) is 0.284. The van der Waals surface area contributed by atoms with Gasteiger partial charge in [-0.3, -0.25) is 14.8 Å². The summed E-state index contributed by atoms with van der Waals surface area (Å²) in [5.74, 6) is 0. The summed E-state index contributed by atoms with van der Waals surface area (Å²) in [4.78, 5) is 11.9. The number of rotatable bonds is 8. The molecule has 154 valence electrons. The summed E-state index contributed by atoms with van der Waals surface area (Å²) < 4.78 is 38.0. The molecule has 1 N–H and O–H groups in total. The van der Waals surface area contributed by atoms with Gasteiger partial charge in [-0.15, -0.1) is 0 Å². The van der Waals surface area contributed by atoms with E-state index in [-0.39, 0.29) is 10.6 Å². The zero-order valence-electron chi connectivity index (χ0n) is 15.7. The molecule has 3 rings (SSSR count). The molecule has 1 unspecified atom stereocenters. The van der Waals surface area contributed by atoms with Crippen LogP contribution < -0.4 is 4.72 Å². The lowest BCUT2D eigenvalue weighted by molar-refractivity contribution is -0.422. The van der Waals surface area contributed by atoms with Gasteiger partial charge in [-0.25, -0.2) is 8.42 Å². The van der Waals surface area contributed by atoms with Crippen LogP contribution in [0.5, 0.6) is 0 Å². The summed E-state index contributed by atoms with van der Waals surface area (Å²) >= 11 is 0. The number of sulfonamides is 1. The summed E-state index contributed by atoms with van der Waals surface area (Å²) in [6, 6.07) is 14.8. The molecule has 0 bridgehead atoms. The Hall–Kier alpha value is -2.66. The van der Waals surface area contributed by atoms with Crippen molar-refractivity contribution in [1.29, 1.82) is 0 Å². The molecule has 0 aromatic heterocycles. The van der Waals surface area contributed by atoms with E-state index < -0.39 is 32.1 Å². The van der Waals surface area contributed by atoms with Gasteiger partial charge in [0.15, 0.2) is 6.29 Å². The molecule has 29 heavy (non-hydrogen) atoms. The largest absolute Gasteiger partial charge is 0.351 e. The zero-order valence-corrected chi connectivity index (χ0v) is 17.4. The number of nitrogens with zero attached hydrogens (tertiary/aromatic N) is 1. The van der Waals surface area contributed by atoms with Crippen molar-refractivity contribution in [2.24, 2.45) is 0 Å². The van der Waals surface area contributed by atoms with E-state index in [4.69, 9.17) is 9.47 Å². The summed E-state index contributed by atoms with van der Waals surface area (Å²) in [5.41, 5.74) is 0.656. The van der Waals surface area contributed by atoms with Crippen LogP contribution in [0.4, 0.5) is 5.69 Å². The second kappa shape index (κ2) is 8.78. The Bertz CT molecular complexity index is 1060. The normalized spacial score (nSPS) is 17.7. The van der Waals surface area contributed by atoms with Gasteiger partial charge >= 0.3 is 0 Å². The third kappa shape index (κ3) is 4.67. The number of hydrogen-bond donors (Lipinski definition) is 2. The van der Waals surface area contributed by atoms with E-state index in [2.05, 4.69) is 4.72 Å². The molecule has 2 aromatic rings. The van der Waals surface area contributed by atoms with Gasteiger partial charge in [0, 0.05) is 25.3 Å². The van der Waals surface area contributed by atoms with Crippen molar-refractivity contribution in [1.82, 2.24) is 0 Å². The molecule has 0 spiro atoms. The molecule has 2 aromatic carbocycles. The monoisotopic (exact) mass is 436 g/mol. The summed E-state index contributed by atoms with van der Waals surface area (Å²) in [6.07, 6.45) is -0.848. The number of ether oxygens (including phenoxy) is 2. The van der Waals surface area contributed by atoms with Gasteiger partial charge < -0.3 is 9.47 Å². The third-order valence-electron chi connectivity index (χ3n) is 4.16. The minimum atomic E-state index is -3.73. The highest BCUT2D eigenvalue weighted by molar-refractivity contribution is 8.22. The van der Waals surface area contributed by atoms with Gasteiger partial charge in [-0.05, 0) is 40.6 Å². The maximum atomic E-state index is 12.5. The van der Waals surface area contributed by atoms with Crippen LogP contribution in [0.15, 0.2) is 86.5 Å². The van der Waals surface area contributed by atoms with Crippen molar-refractivity contribution in [3.05, 3.63) is 86.8 Å². The van der Waals surface area contributed by atoms with E-state index in [0.717, 1.165) is 4.90 Å². The first-order chi connectivity index (χ1) is 13.9. The van der Waals surface area contributed by atoms with Crippen LogP contribution in [-0.4, -0.2) is 33.9 Å². The third-order valence-corrected chi connectivity index (χ3v) is 7.51. The van der Waals surface area contributed by atoms with Crippen molar-refractivity contribution in [3.8, 4) is 0 Å². The standard InChI is InChI=1S/C19H20N2O6S2/c1-26-19(27-2)17-12-28(13-18(17)21(22)23)15-8-6-7-14(11-15)20-29(24,25)16-9-4-3-5-10-16/h3-13,19-20,28H,1-2H3. The van der Waals surface area contributed by atoms with Gasteiger partial charge in [-0.2, -0.15) is 10.9 Å².